The second-order valence-corrected chi connectivity index (χ2v) is 2.45. The van der Waals surface area contributed by atoms with E-state index in [1.54, 1.807) is 18.2 Å². The number of aliphatic hydroxyl groups is 2. The molecule has 72 valence electrons. The van der Waals surface area contributed by atoms with Crippen LogP contribution in [0.15, 0.2) is 18.2 Å². The van der Waals surface area contributed by atoms with Crippen molar-refractivity contribution >= 4 is 0 Å². The quantitative estimate of drug-likeness (QED) is 0.678. The number of aliphatic hydroxyl groups excluding tert-OH is 1. The number of rotatable bonds is 3. The molecule has 1 aromatic carbocycles. The average molecular weight is 184 g/mol. The molecule has 2 N–H and O–H groups in total. The molecule has 0 saturated carbocycles. The second-order valence-electron chi connectivity index (χ2n) is 2.45. The Balaban J connectivity index is 3.21. The van der Waals surface area contributed by atoms with Gasteiger partial charge in [0.1, 0.15) is 11.5 Å². The molecule has 0 unspecified atom stereocenters. The van der Waals surface area contributed by atoms with Crippen LogP contribution >= 0.6 is 0 Å². The number of hydrogen-bond donors (Lipinski definition) is 2. The molecule has 0 aliphatic carbocycles. The molecule has 0 heterocycles. The Bertz CT molecular complexity index is 261. The summed E-state index contributed by atoms with van der Waals surface area (Å²) in [6, 6.07) is 4.98. The molecule has 0 amide bonds. The summed E-state index contributed by atoms with van der Waals surface area (Å²) in [5, 5.41) is 18.1. The summed E-state index contributed by atoms with van der Waals surface area (Å²) in [5.41, 5.74) is 0.243. The molecule has 0 aliphatic heterocycles. The standard InChI is InChI=1S/C9H12O4/c1-12-6-4-3-5-7(13-2)8(6)9(10)11/h3-5,9-11H,1-2H3. The summed E-state index contributed by atoms with van der Waals surface area (Å²) < 4.78 is 9.90. The van der Waals surface area contributed by atoms with Gasteiger partial charge in [0.05, 0.1) is 19.8 Å². The molecule has 0 radical (unpaired) electrons. The smallest absolute Gasteiger partial charge is 0.185 e. The highest BCUT2D eigenvalue weighted by molar-refractivity contribution is 5.45. The summed E-state index contributed by atoms with van der Waals surface area (Å²) >= 11 is 0. The Labute approximate surface area is 76.3 Å². The molecule has 4 heteroatoms. The summed E-state index contributed by atoms with van der Waals surface area (Å²) in [4.78, 5) is 0. The van der Waals surface area contributed by atoms with Crippen LogP contribution in [-0.2, 0) is 0 Å². The van der Waals surface area contributed by atoms with Crippen molar-refractivity contribution in [3.05, 3.63) is 23.8 Å². The molecule has 0 aromatic heterocycles. The van der Waals surface area contributed by atoms with E-state index in [-0.39, 0.29) is 5.56 Å². The molecule has 1 aromatic rings. The van der Waals surface area contributed by atoms with Crippen LogP contribution in [-0.4, -0.2) is 24.4 Å². The van der Waals surface area contributed by atoms with Crippen LogP contribution in [0.3, 0.4) is 0 Å². The lowest BCUT2D eigenvalue weighted by molar-refractivity contribution is -0.0453. The van der Waals surface area contributed by atoms with Crippen molar-refractivity contribution in [2.24, 2.45) is 0 Å². The lowest BCUT2D eigenvalue weighted by Crippen LogP contribution is -2.02. The van der Waals surface area contributed by atoms with Gasteiger partial charge in [-0.15, -0.1) is 0 Å². The van der Waals surface area contributed by atoms with Crippen molar-refractivity contribution in [1.82, 2.24) is 0 Å². The fourth-order valence-electron chi connectivity index (χ4n) is 1.13. The van der Waals surface area contributed by atoms with Crippen LogP contribution < -0.4 is 9.47 Å². The number of ether oxygens (including phenoxy) is 2. The normalized spacial score (nSPS) is 10.2. The Morgan fingerprint density at radius 1 is 1.08 bits per heavy atom. The molecule has 13 heavy (non-hydrogen) atoms. The van der Waals surface area contributed by atoms with E-state index >= 15 is 0 Å². The Morgan fingerprint density at radius 3 is 1.85 bits per heavy atom. The van der Waals surface area contributed by atoms with E-state index in [0.29, 0.717) is 11.5 Å². The summed E-state index contributed by atoms with van der Waals surface area (Å²) in [7, 11) is 2.92. The summed E-state index contributed by atoms with van der Waals surface area (Å²) in [5.74, 6) is 0.795. The molecule has 0 saturated heterocycles. The van der Waals surface area contributed by atoms with E-state index in [9.17, 15) is 0 Å². The highest BCUT2D eigenvalue weighted by Gasteiger charge is 2.15. The maximum atomic E-state index is 9.04. The number of hydrogen-bond acceptors (Lipinski definition) is 4. The van der Waals surface area contributed by atoms with Crippen LogP contribution in [0, 0.1) is 0 Å². The van der Waals surface area contributed by atoms with E-state index in [4.69, 9.17) is 19.7 Å². The van der Waals surface area contributed by atoms with Crippen LogP contribution in [0.4, 0.5) is 0 Å². The van der Waals surface area contributed by atoms with Gasteiger partial charge in [-0.2, -0.15) is 0 Å². The largest absolute Gasteiger partial charge is 0.496 e. The predicted octanol–water partition coefficient (Wildman–Crippen LogP) is 0.687. The van der Waals surface area contributed by atoms with E-state index < -0.39 is 6.29 Å². The molecule has 0 bridgehead atoms. The minimum atomic E-state index is -1.59. The van der Waals surface area contributed by atoms with E-state index in [0.717, 1.165) is 0 Å². The van der Waals surface area contributed by atoms with Gasteiger partial charge < -0.3 is 19.7 Å². The molecule has 0 aliphatic rings. The van der Waals surface area contributed by atoms with Crippen molar-refractivity contribution in [3.8, 4) is 11.5 Å². The fourth-order valence-corrected chi connectivity index (χ4v) is 1.13. The van der Waals surface area contributed by atoms with Gasteiger partial charge in [0.25, 0.3) is 0 Å². The van der Waals surface area contributed by atoms with Gasteiger partial charge in [-0.3, -0.25) is 0 Å². The second kappa shape index (κ2) is 4.11. The van der Waals surface area contributed by atoms with Gasteiger partial charge in [-0.25, -0.2) is 0 Å². The van der Waals surface area contributed by atoms with Gasteiger partial charge in [-0.05, 0) is 12.1 Å². The van der Waals surface area contributed by atoms with Crippen molar-refractivity contribution in [2.75, 3.05) is 14.2 Å². The van der Waals surface area contributed by atoms with Crippen molar-refractivity contribution < 1.29 is 19.7 Å². The Morgan fingerprint density at radius 2 is 1.54 bits per heavy atom. The highest BCUT2D eigenvalue weighted by Crippen LogP contribution is 2.32. The third-order valence-corrected chi connectivity index (χ3v) is 1.72. The third-order valence-electron chi connectivity index (χ3n) is 1.72. The molecular formula is C9H12O4. The molecule has 4 nitrogen and oxygen atoms in total. The zero-order valence-electron chi connectivity index (χ0n) is 7.52. The van der Waals surface area contributed by atoms with Crippen molar-refractivity contribution in [1.29, 1.82) is 0 Å². The molecule has 0 fully saturated rings. The zero-order chi connectivity index (χ0) is 9.84. The minimum absolute atomic E-state index is 0.243. The lowest BCUT2D eigenvalue weighted by atomic mass is 10.1. The molecular weight excluding hydrogens is 172 g/mol. The topological polar surface area (TPSA) is 58.9 Å². The summed E-state index contributed by atoms with van der Waals surface area (Å²) in [6.07, 6.45) is -1.59. The molecule has 1 rings (SSSR count). The fraction of sp³-hybridized carbons (Fsp3) is 0.333. The molecule has 0 atom stereocenters. The monoisotopic (exact) mass is 184 g/mol. The van der Waals surface area contributed by atoms with Gasteiger partial charge in [0.2, 0.25) is 0 Å². The number of methoxy groups -OCH3 is 2. The Kier molecular flexibility index (Phi) is 3.11. The van der Waals surface area contributed by atoms with Crippen LogP contribution in [0.5, 0.6) is 11.5 Å². The summed E-state index contributed by atoms with van der Waals surface area (Å²) in [6.45, 7) is 0. The predicted molar refractivity (Wildman–Crippen MR) is 46.7 cm³/mol. The minimum Gasteiger partial charge on any atom is -0.496 e. The van der Waals surface area contributed by atoms with Crippen LogP contribution in [0.2, 0.25) is 0 Å². The third kappa shape index (κ3) is 1.91. The SMILES string of the molecule is COc1cccc(OC)c1C(O)O. The van der Waals surface area contributed by atoms with E-state index in [2.05, 4.69) is 0 Å². The van der Waals surface area contributed by atoms with Gasteiger partial charge in [0, 0.05) is 0 Å². The first-order valence-corrected chi connectivity index (χ1v) is 3.77. The van der Waals surface area contributed by atoms with Crippen LogP contribution in [0.25, 0.3) is 0 Å². The first kappa shape index (κ1) is 9.83. The Hall–Kier alpha value is -1.26. The van der Waals surface area contributed by atoms with E-state index in [1.165, 1.54) is 14.2 Å². The van der Waals surface area contributed by atoms with Crippen molar-refractivity contribution in [3.63, 3.8) is 0 Å². The highest BCUT2D eigenvalue weighted by atomic mass is 16.5. The zero-order valence-corrected chi connectivity index (χ0v) is 7.52. The van der Waals surface area contributed by atoms with Gasteiger partial charge >= 0.3 is 0 Å². The number of benzene rings is 1. The van der Waals surface area contributed by atoms with Crippen molar-refractivity contribution in [2.45, 2.75) is 6.29 Å². The van der Waals surface area contributed by atoms with E-state index in [1.807, 2.05) is 0 Å². The molecule has 0 spiro atoms. The first-order chi connectivity index (χ1) is 6.20. The van der Waals surface area contributed by atoms with Gasteiger partial charge in [0.15, 0.2) is 6.29 Å². The van der Waals surface area contributed by atoms with Gasteiger partial charge in [-0.1, -0.05) is 6.07 Å². The van der Waals surface area contributed by atoms with Crippen LogP contribution in [0.1, 0.15) is 11.9 Å². The average Bonchev–Trinajstić information content (AvgIpc) is 2.16. The first-order valence-electron chi connectivity index (χ1n) is 3.77. The maximum Gasteiger partial charge on any atom is 0.185 e. The maximum absolute atomic E-state index is 9.04. The lowest BCUT2D eigenvalue weighted by Gasteiger charge is -2.13.